The third kappa shape index (κ3) is 5.76. The predicted molar refractivity (Wildman–Crippen MR) is 130 cm³/mol. The van der Waals surface area contributed by atoms with Crippen molar-refractivity contribution in [3.63, 3.8) is 0 Å². The van der Waals surface area contributed by atoms with Crippen molar-refractivity contribution in [3.05, 3.63) is 65.0 Å². The number of hydrogen-bond donors (Lipinski definition) is 1. The quantitative estimate of drug-likeness (QED) is 0.656. The van der Waals surface area contributed by atoms with Gasteiger partial charge in [0.1, 0.15) is 11.6 Å². The van der Waals surface area contributed by atoms with Gasteiger partial charge in [-0.3, -0.25) is 0 Å². The predicted octanol–water partition coefficient (Wildman–Crippen LogP) is 4.13. The molecule has 5 rings (SSSR count). The van der Waals surface area contributed by atoms with Crippen LogP contribution in [0.3, 0.4) is 0 Å². The summed E-state index contributed by atoms with van der Waals surface area (Å²) in [5.74, 6) is 1.83. The summed E-state index contributed by atoms with van der Waals surface area (Å²) in [4.78, 5) is 2.55. The van der Waals surface area contributed by atoms with E-state index in [0.717, 1.165) is 50.0 Å². The highest BCUT2D eigenvalue weighted by atomic mass is 32.2. The van der Waals surface area contributed by atoms with E-state index in [1.165, 1.54) is 43.8 Å². The number of rotatable bonds is 7. The third-order valence-corrected chi connectivity index (χ3v) is 9.28. The maximum absolute atomic E-state index is 13.6. The summed E-state index contributed by atoms with van der Waals surface area (Å²) in [6.07, 6.45) is 6.08. The van der Waals surface area contributed by atoms with E-state index in [1.54, 1.807) is 13.2 Å². The molecule has 2 atom stereocenters. The molecule has 1 saturated heterocycles. The van der Waals surface area contributed by atoms with Crippen molar-refractivity contribution in [1.29, 1.82) is 0 Å². The van der Waals surface area contributed by atoms with Crippen molar-refractivity contribution in [3.8, 4) is 5.75 Å². The highest BCUT2D eigenvalue weighted by Gasteiger charge is 2.35. The Hall–Kier alpha value is -1.96. The number of methoxy groups -OCH3 is 1. The minimum absolute atomic E-state index is 0.0949. The Kier molecular flexibility index (Phi) is 7.72. The summed E-state index contributed by atoms with van der Waals surface area (Å²) in [6, 6.07) is 13.5. The largest absolute Gasteiger partial charge is 0.497 e. The maximum atomic E-state index is 13.6. The van der Waals surface area contributed by atoms with Crippen LogP contribution < -0.4 is 9.46 Å². The SMILES string of the molecule is CNS(=O)(=O)C1CCC1.COc1ccc2c(c1)C(Cc1cccc(F)c1)C(CN1CCC1)C2. The van der Waals surface area contributed by atoms with Crippen LogP contribution in [0.4, 0.5) is 4.39 Å². The molecule has 0 aromatic heterocycles. The number of halogens is 1. The number of benzene rings is 2. The molecule has 0 spiro atoms. The minimum Gasteiger partial charge on any atom is -0.497 e. The molecule has 1 aliphatic heterocycles. The molecular weight excluding hydrogens is 439 g/mol. The molecule has 2 aromatic rings. The van der Waals surface area contributed by atoms with Crippen LogP contribution in [-0.2, 0) is 22.9 Å². The normalized spacial score (nSPS) is 22.5. The smallest absolute Gasteiger partial charge is 0.214 e. The van der Waals surface area contributed by atoms with Crippen LogP contribution in [0.2, 0.25) is 0 Å². The van der Waals surface area contributed by atoms with Crippen molar-refractivity contribution in [2.75, 3.05) is 33.8 Å². The van der Waals surface area contributed by atoms with E-state index in [9.17, 15) is 12.8 Å². The van der Waals surface area contributed by atoms with E-state index in [4.69, 9.17) is 4.74 Å². The molecule has 1 N–H and O–H groups in total. The molecule has 0 radical (unpaired) electrons. The second-order valence-corrected chi connectivity index (χ2v) is 11.6. The number of hydrogen-bond acceptors (Lipinski definition) is 4. The maximum Gasteiger partial charge on any atom is 0.214 e. The summed E-state index contributed by atoms with van der Waals surface area (Å²) in [5, 5.41) is -0.0949. The van der Waals surface area contributed by atoms with E-state index in [0.29, 0.717) is 11.8 Å². The number of sulfonamides is 1. The van der Waals surface area contributed by atoms with Crippen LogP contribution in [0.1, 0.15) is 48.3 Å². The van der Waals surface area contributed by atoms with Gasteiger partial charge in [0.15, 0.2) is 0 Å². The standard InChI is InChI=1S/C21H24FNO.C5H11NO2S/c1-24-19-7-6-16-12-17(14-23-8-3-9-23)20(21(16)13-19)11-15-4-2-5-18(22)10-15;1-6-9(7,8)5-3-2-4-5/h2,4-7,10,13,17,20H,3,8-9,11-12,14H2,1H3;5-6H,2-4H2,1H3. The molecule has 2 aliphatic carbocycles. The fraction of sp³-hybridized carbons (Fsp3) is 0.538. The van der Waals surface area contributed by atoms with Crippen molar-refractivity contribution >= 4 is 10.0 Å². The molecule has 2 unspecified atom stereocenters. The Bertz CT molecular complexity index is 1050. The lowest BCUT2D eigenvalue weighted by atomic mass is 9.86. The second kappa shape index (κ2) is 10.5. The highest BCUT2D eigenvalue weighted by molar-refractivity contribution is 7.90. The van der Waals surface area contributed by atoms with Gasteiger partial charge in [0, 0.05) is 6.54 Å². The van der Waals surface area contributed by atoms with Crippen molar-refractivity contribution in [1.82, 2.24) is 9.62 Å². The van der Waals surface area contributed by atoms with Crippen LogP contribution in [0.15, 0.2) is 42.5 Å². The molecule has 5 nitrogen and oxygen atoms in total. The van der Waals surface area contributed by atoms with Gasteiger partial charge in [0.2, 0.25) is 10.0 Å². The molecule has 2 fully saturated rings. The Morgan fingerprint density at radius 1 is 1.12 bits per heavy atom. The molecule has 0 amide bonds. The lowest BCUT2D eigenvalue weighted by molar-refractivity contribution is 0.145. The minimum atomic E-state index is -2.91. The molecule has 1 saturated carbocycles. The topological polar surface area (TPSA) is 58.6 Å². The summed E-state index contributed by atoms with van der Waals surface area (Å²) in [7, 11) is 0.273. The zero-order valence-electron chi connectivity index (χ0n) is 19.6. The summed E-state index contributed by atoms with van der Waals surface area (Å²) < 4.78 is 43.1. The molecule has 33 heavy (non-hydrogen) atoms. The van der Waals surface area contributed by atoms with Gasteiger partial charge >= 0.3 is 0 Å². The number of nitrogens with one attached hydrogen (secondary N) is 1. The molecule has 7 heteroatoms. The Morgan fingerprint density at radius 3 is 2.45 bits per heavy atom. The van der Waals surface area contributed by atoms with E-state index in [-0.39, 0.29) is 11.1 Å². The average molecular weight is 475 g/mol. The van der Waals surface area contributed by atoms with Crippen LogP contribution in [0.5, 0.6) is 5.75 Å². The third-order valence-electron chi connectivity index (χ3n) is 7.37. The molecule has 3 aliphatic rings. The van der Waals surface area contributed by atoms with Gasteiger partial charge in [-0.1, -0.05) is 24.6 Å². The zero-order chi connectivity index (χ0) is 23.4. The Labute approximate surface area is 197 Å². The van der Waals surface area contributed by atoms with E-state index < -0.39 is 10.0 Å². The van der Waals surface area contributed by atoms with E-state index in [1.807, 2.05) is 12.1 Å². The number of nitrogens with zero attached hydrogens (tertiary/aromatic N) is 1. The second-order valence-electron chi connectivity index (χ2n) is 9.43. The van der Waals surface area contributed by atoms with Gasteiger partial charge in [-0.05, 0) is 105 Å². The fourth-order valence-electron chi connectivity index (χ4n) is 5.04. The van der Waals surface area contributed by atoms with Crippen molar-refractivity contribution < 1.29 is 17.5 Å². The van der Waals surface area contributed by atoms with Gasteiger partial charge in [0.25, 0.3) is 0 Å². The first-order valence-electron chi connectivity index (χ1n) is 12.0. The van der Waals surface area contributed by atoms with E-state index >= 15 is 0 Å². The summed E-state index contributed by atoms with van der Waals surface area (Å²) in [5.41, 5.74) is 3.91. The highest BCUT2D eigenvalue weighted by Crippen LogP contribution is 2.42. The van der Waals surface area contributed by atoms with Gasteiger partial charge in [-0.2, -0.15) is 0 Å². The molecule has 2 aromatic carbocycles. The lowest BCUT2D eigenvalue weighted by Gasteiger charge is -2.35. The molecule has 180 valence electrons. The first-order chi connectivity index (χ1) is 15.9. The van der Waals surface area contributed by atoms with Crippen LogP contribution >= 0.6 is 0 Å². The number of likely N-dealkylation sites (tertiary alicyclic amines) is 1. The van der Waals surface area contributed by atoms with Crippen molar-refractivity contribution in [2.45, 2.75) is 49.7 Å². The van der Waals surface area contributed by atoms with Gasteiger partial charge in [-0.25, -0.2) is 17.5 Å². The Morgan fingerprint density at radius 2 is 1.91 bits per heavy atom. The van der Waals surface area contributed by atoms with Crippen LogP contribution in [0.25, 0.3) is 0 Å². The number of fused-ring (bicyclic) bond motifs is 1. The van der Waals surface area contributed by atoms with Crippen LogP contribution in [0, 0.1) is 11.7 Å². The molecular formula is C26H35FN2O3S. The van der Waals surface area contributed by atoms with Crippen LogP contribution in [-0.4, -0.2) is 52.4 Å². The van der Waals surface area contributed by atoms with E-state index in [2.05, 4.69) is 27.8 Å². The lowest BCUT2D eigenvalue weighted by Crippen LogP contribution is -2.41. The van der Waals surface area contributed by atoms with Gasteiger partial charge in [0.05, 0.1) is 12.4 Å². The summed E-state index contributed by atoms with van der Waals surface area (Å²) >= 11 is 0. The molecule has 0 bridgehead atoms. The van der Waals surface area contributed by atoms with Crippen molar-refractivity contribution in [2.24, 2.45) is 5.92 Å². The summed E-state index contributed by atoms with van der Waals surface area (Å²) in [6.45, 7) is 3.60. The molecule has 1 heterocycles. The Balaban J connectivity index is 0.000000243. The number of ether oxygens (including phenoxy) is 1. The first-order valence-corrected chi connectivity index (χ1v) is 13.5. The average Bonchev–Trinajstić information content (AvgIpc) is 3.06. The monoisotopic (exact) mass is 474 g/mol. The fourth-order valence-corrected chi connectivity index (χ4v) is 6.33. The first kappa shape index (κ1) is 24.2. The van der Waals surface area contributed by atoms with Gasteiger partial charge < -0.3 is 9.64 Å². The van der Waals surface area contributed by atoms with Gasteiger partial charge in [-0.15, -0.1) is 0 Å². The zero-order valence-corrected chi connectivity index (χ0v) is 20.4.